The van der Waals surface area contributed by atoms with E-state index >= 15 is 0 Å². The van der Waals surface area contributed by atoms with Crippen molar-refractivity contribution in [2.24, 2.45) is 0 Å². The lowest BCUT2D eigenvalue weighted by atomic mass is 10.3. The third kappa shape index (κ3) is 3.21. The van der Waals surface area contributed by atoms with Crippen molar-refractivity contribution in [2.75, 3.05) is 26.2 Å². The number of nitrogens with zero attached hydrogens (tertiary/aromatic N) is 2. The summed E-state index contributed by atoms with van der Waals surface area (Å²) in [5.41, 5.74) is 0. The van der Waals surface area contributed by atoms with Crippen molar-refractivity contribution in [1.29, 1.82) is 0 Å². The Morgan fingerprint density at radius 3 is 2.56 bits per heavy atom. The molecule has 0 spiro atoms. The molecule has 98 valence electrons. The molecule has 0 saturated carbocycles. The van der Waals surface area contributed by atoms with Crippen LogP contribution in [-0.4, -0.2) is 41.9 Å². The fourth-order valence-electron chi connectivity index (χ4n) is 2.17. The molecule has 1 amide bonds. The van der Waals surface area contributed by atoms with E-state index in [0.717, 1.165) is 39.1 Å². The van der Waals surface area contributed by atoms with Gasteiger partial charge in [0.1, 0.15) is 0 Å². The SMILES string of the molecule is C=CC(=O)N1CCN(Cc2ccc(CC)s2)CC1. The van der Waals surface area contributed by atoms with Crippen LogP contribution in [0.2, 0.25) is 0 Å². The molecular weight excluding hydrogens is 244 g/mol. The molecule has 0 aliphatic carbocycles. The normalized spacial score (nSPS) is 16.8. The molecule has 1 fully saturated rings. The molecule has 18 heavy (non-hydrogen) atoms. The van der Waals surface area contributed by atoms with Crippen molar-refractivity contribution >= 4 is 17.2 Å². The maximum Gasteiger partial charge on any atom is 0.246 e. The zero-order valence-electron chi connectivity index (χ0n) is 10.9. The predicted octanol–water partition coefficient (Wildman–Crippen LogP) is 2.14. The first-order valence-corrected chi connectivity index (χ1v) is 7.26. The Hall–Kier alpha value is -1.13. The molecule has 0 aromatic carbocycles. The van der Waals surface area contributed by atoms with E-state index in [1.165, 1.54) is 15.8 Å². The second-order valence-corrected chi connectivity index (χ2v) is 5.78. The van der Waals surface area contributed by atoms with Gasteiger partial charge in [0.15, 0.2) is 0 Å². The van der Waals surface area contributed by atoms with E-state index in [4.69, 9.17) is 0 Å². The summed E-state index contributed by atoms with van der Waals surface area (Å²) >= 11 is 1.90. The van der Waals surface area contributed by atoms with E-state index in [0.29, 0.717) is 0 Å². The highest BCUT2D eigenvalue weighted by Gasteiger charge is 2.19. The highest BCUT2D eigenvalue weighted by Crippen LogP contribution is 2.19. The summed E-state index contributed by atoms with van der Waals surface area (Å²) < 4.78 is 0. The lowest BCUT2D eigenvalue weighted by Crippen LogP contribution is -2.47. The maximum atomic E-state index is 11.5. The van der Waals surface area contributed by atoms with Gasteiger partial charge in [-0.05, 0) is 24.6 Å². The number of hydrogen-bond acceptors (Lipinski definition) is 3. The quantitative estimate of drug-likeness (QED) is 0.778. The lowest BCUT2D eigenvalue weighted by Gasteiger charge is -2.33. The summed E-state index contributed by atoms with van der Waals surface area (Å²) in [4.78, 5) is 18.6. The van der Waals surface area contributed by atoms with Gasteiger partial charge in [0.2, 0.25) is 5.91 Å². The predicted molar refractivity (Wildman–Crippen MR) is 75.8 cm³/mol. The van der Waals surface area contributed by atoms with Gasteiger partial charge >= 0.3 is 0 Å². The Kier molecular flexibility index (Phi) is 4.55. The second-order valence-electron chi connectivity index (χ2n) is 4.53. The molecule has 1 aromatic rings. The number of thiophene rings is 1. The van der Waals surface area contributed by atoms with Gasteiger partial charge in [-0.3, -0.25) is 9.69 Å². The molecular formula is C14H20N2OS. The minimum atomic E-state index is 0.0547. The Labute approximate surface area is 113 Å². The first kappa shape index (κ1) is 13.3. The first-order chi connectivity index (χ1) is 8.72. The molecule has 2 heterocycles. The third-order valence-corrected chi connectivity index (χ3v) is 4.52. The second kappa shape index (κ2) is 6.16. The van der Waals surface area contributed by atoms with Gasteiger partial charge in [0, 0.05) is 42.5 Å². The first-order valence-electron chi connectivity index (χ1n) is 6.44. The molecule has 1 aliphatic heterocycles. The molecule has 0 bridgehead atoms. The smallest absolute Gasteiger partial charge is 0.246 e. The average molecular weight is 264 g/mol. The summed E-state index contributed by atoms with van der Waals surface area (Å²) in [5, 5.41) is 0. The van der Waals surface area contributed by atoms with Crippen LogP contribution in [-0.2, 0) is 17.8 Å². The van der Waals surface area contributed by atoms with Gasteiger partial charge in [0.25, 0.3) is 0 Å². The molecule has 1 aliphatic rings. The van der Waals surface area contributed by atoms with Crippen LogP contribution in [0.15, 0.2) is 24.8 Å². The Bertz CT molecular complexity index is 419. The fraction of sp³-hybridized carbons (Fsp3) is 0.500. The van der Waals surface area contributed by atoms with E-state index in [9.17, 15) is 4.79 Å². The maximum absolute atomic E-state index is 11.5. The van der Waals surface area contributed by atoms with E-state index in [1.807, 2.05) is 16.2 Å². The number of carbonyl (C=O) groups excluding carboxylic acids is 1. The molecule has 0 atom stereocenters. The number of aryl methyl sites for hydroxylation is 1. The fourth-order valence-corrected chi connectivity index (χ4v) is 3.17. The zero-order valence-corrected chi connectivity index (χ0v) is 11.7. The minimum Gasteiger partial charge on any atom is -0.337 e. The van der Waals surface area contributed by atoms with Crippen molar-refractivity contribution < 1.29 is 4.79 Å². The van der Waals surface area contributed by atoms with Crippen LogP contribution in [0.3, 0.4) is 0 Å². The van der Waals surface area contributed by atoms with Crippen molar-refractivity contribution in [1.82, 2.24) is 9.80 Å². The Morgan fingerprint density at radius 1 is 1.33 bits per heavy atom. The van der Waals surface area contributed by atoms with Crippen LogP contribution in [0, 0.1) is 0 Å². The largest absolute Gasteiger partial charge is 0.337 e. The van der Waals surface area contributed by atoms with Gasteiger partial charge in [0.05, 0.1) is 0 Å². The number of hydrogen-bond donors (Lipinski definition) is 0. The van der Waals surface area contributed by atoms with Crippen molar-refractivity contribution in [3.05, 3.63) is 34.5 Å². The lowest BCUT2D eigenvalue weighted by molar-refractivity contribution is -0.127. The van der Waals surface area contributed by atoms with Crippen LogP contribution >= 0.6 is 11.3 Å². The summed E-state index contributed by atoms with van der Waals surface area (Å²) in [6, 6.07) is 4.45. The zero-order chi connectivity index (χ0) is 13.0. The molecule has 0 N–H and O–H groups in total. The molecule has 3 nitrogen and oxygen atoms in total. The highest BCUT2D eigenvalue weighted by atomic mass is 32.1. The van der Waals surface area contributed by atoms with E-state index < -0.39 is 0 Å². The van der Waals surface area contributed by atoms with Crippen LogP contribution in [0.1, 0.15) is 16.7 Å². The average Bonchev–Trinajstić information content (AvgIpc) is 2.86. The van der Waals surface area contributed by atoms with Gasteiger partial charge < -0.3 is 4.90 Å². The summed E-state index contributed by atoms with van der Waals surface area (Å²) in [7, 11) is 0. The standard InChI is InChI=1S/C14H20N2OS/c1-3-12-5-6-13(18-12)11-15-7-9-16(10-8-15)14(17)4-2/h4-6H,2-3,7-11H2,1H3. The topological polar surface area (TPSA) is 23.6 Å². The van der Waals surface area contributed by atoms with Gasteiger partial charge in [-0.1, -0.05) is 13.5 Å². The number of amides is 1. The summed E-state index contributed by atoms with van der Waals surface area (Å²) in [6.45, 7) is 10.3. The third-order valence-electron chi connectivity index (χ3n) is 3.30. The van der Waals surface area contributed by atoms with Crippen molar-refractivity contribution in [3.8, 4) is 0 Å². The molecule has 4 heteroatoms. The van der Waals surface area contributed by atoms with Crippen molar-refractivity contribution in [2.45, 2.75) is 19.9 Å². The van der Waals surface area contributed by atoms with Crippen LogP contribution in [0.25, 0.3) is 0 Å². The van der Waals surface area contributed by atoms with E-state index in [2.05, 4.69) is 30.5 Å². The molecule has 0 unspecified atom stereocenters. The highest BCUT2D eigenvalue weighted by molar-refractivity contribution is 7.11. The molecule has 2 rings (SSSR count). The van der Waals surface area contributed by atoms with Gasteiger partial charge in [-0.25, -0.2) is 0 Å². The molecule has 1 aromatic heterocycles. The van der Waals surface area contributed by atoms with Crippen LogP contribution < -0.4 is 0 Å². The monoisotopic (exact) mass is 264 g/mol. The molecule has 0 radical (unpaired) electrons. The van der Waals surface area contributed by atoms with Crippen molar-refractivity contribution in [3.63, 3.8) is 0 Å². The van der Waals surface area contributed by atoms with Crippen LogP contribution in [0.5, 0.6) is 0 Å². The minimum absolute atomic E-state index is 0.0547. The van der Waals surface area contributed by atoms with E-state index in [-0.39, 0.29) is 5.91 Å². The van der Waals surface area contributed by atoms with Crippen LogP contribution in [0.4, 0.5) is 0 Å². The van der Waals surface area contributed by atoms with Gasteiger partial charge in [-0.2, -0.15) is 0 Å². The Morgan fingerprint density at radius 2 is 2.00 bits per heavy atom. The number of carbonyl (C=O) groups is 1. The molecule has 1 saturated heterocycles. The summed E-state index contributed by atoms with van der Waals surface area (Å²) in [6.07, 6.45) is 2.52. The Balaban J connectivity index is 1.83. The van der Waals surface area contributed by atoms with E-state index in [1.54, 1.807) is 0 Å². The number of rotatable bonds is 4. The summed E-state index contributed by atoms with van der Waals surface area (Å²) in [5.74, 6) is 0.0547. The number of piperazine rings is 1. The van der Waals surface area contributed by atoms with Gasteiger partial charge in [-0.15, -0.1) is 11.3 Å².